The zero-order chi connectivity index (χ0) is 13.3. The third kappa shape index (κ3) is 3.89. The predicted molar refractivity (Wildman–Crippen MR) is 63.0 cm³/mol. The fourth-order valence-electron chi connectivity index (χ4n) is 1.55. The molecule has 1 aromatic carbocycles. The van der Waals surface area contributed by atoms with Gasteiger partial charge in [0.15, 0.2) is 0 Å². The van der Waals surface area contributed by atoms with E-state index in [1.54, 1.807) is 0 Å². The van der Waals surface area contributed by atoms with Crippen molar-refractivity contribution in [1.82, 2.24) is 0 Å². The van der Waals surface area contributed by atoms with Gasteiger partial charge in [-0.25, -0.2) is 0 Å². The highest BCUT2D eigenvalue weighted by atomic mass is 35.5. The normalized spacial score (nSPS) is 12.9. The standard InChI is InChI=1S/C12H15ClF3N/c1-11(2,7-17)6-8-3-4-9(13)5-10(8)12(14,15)16/h3-5H,6-7,17H2,1-2H3. The second-order valence-corrected chi connectivity index (χ2v) is 5.28. The molecule has 5 heteroatoms. The zero-order valence-corrected chi connectivity index (χ0v) is 10.5. The van der Waals surface area contributed by atoms with E-state index in [0.29, 0.717) is 6.54 Å². The third-order valence-corrected chi connectivity index (χ3v) is 2.83. The van der Waals surface area contributed by atoms with Crippen LogP contribution in [-0.2, 0) is 12.6 Å². The minimum atomic E-state index is -4.38. The first-order valence-corrected chi connectivity index (χ1v) is 5.59. The summed E-state index contributed by atoms with van der Waals surface area (Å²) in [4.78, 5) is 0. The summed E-state index contributed by atoms with van der Waals surface area (Å²) in [6, 6.07) is 3.85. The molecular formula is C12H15ClF3N. The molecule has 1 aromatic rings. The molecular weight excluding hydrogens is 251 g/mol. The minimum Gasteiger partial charge on any atom is -0.330 e. The lowest BCUT2D eigenvalue weighted by Gasteiger charge is -2.24. The lowest BCUT2D eigenvalue weighted by Crippen LogP contribution is -2.27. The van der Waals surface area contributed by atoms with Gasteiger partial charge in [0.05, 0.1) is 5.56 Å². The average Bonchev–Trinajstić information content (AvgIpc) is 2.19. The first-order valence-electron chi connectivity index (χ1n) is 5.21. The maximum absolute atomic E-state index is 12.8. The van der Waals surface area contributed by atoms with Crippen LogP contribution in [0.4, 0.5) is 13.2 Å². The predicted octanol–water partition coefficient (Wildman–Crippen LogP) is 3.89. The van der Waals surface area contributed by atoms with Crippen molar-refractivity contribution in [3.8, 4) is 0 Å². The SMILES string of the molecule is CC(C)(CN)Cc1ccc(Cl)cc1C(F)(F)F. The van der Waals surface area contributed by atoms with Gasteiger partial charge in [0.1, 0.15) is 0 Å². The van der Waals surface area contributed by atoms with Crippen LogP contribution in [0.25, 0.3) is 0 Å². The Morgan fingerprint density at radius 3 is 2.29 bits per heavy atom. The highest BCUT2D eigenvalue weighted by Gasteiger charge is 2.34. The maximum atomic E-state index is 12.8. The molecule has 0 spiro atoms. The molecule has 0 saturated heterocycles. The number of rotatable bonds is 3. The van der Waals surface area contributed by atoms with E-state index in [9.17, 15) is 13.2 Å². The fourth-order valence-corrected chi connectivity index (χ4v) is 1.73. The Morgan fingerprint density at radius 1 is 1.24 bits per heavy atom. The smallest absolute Gasteiger partial charge is 0.330 e. The van der Waals surface area contributed by atoms with Gasteiger partial charge in [0.25, 0.3) is 0 Å². The summed E-state index contributed by atoms with van der Waals surface area (Å²) in [5.74, 6) is 0. The van der Waals surface area contributed by atoms with Crippen LogP contribution in [0, 0.1) is 5.41 Å². The number of halogens is 4. The molecule has 0 atom stereocenters. The van der Waals surface area contributed by atoms with Crippen molar-refractivity contribution in [2.24, 2.45) is 11.1 Å². The largest absolute Gasteiger partial charge is 0.416 e. The first-order chi connectivity index (χ1) is 7.65. The van der Waals surface area contributed by atoms with E-state index in [4.69, 9.17) is 17.3 Å². The maximum Gasteiger partial charge on any atom is 0.416 e. The number of hydrogen-bond donors (Lipinski definition) is 1. The quantitative estimate of drug-likeness (QED) is 0.882. The molecule has 0 amide bonds. The summed E-state index contributed by atoms with van der Waals surface area (Å²) in [7, 11) is 0. The molecule has 0 heterocycles. The summed E-state index contributed by atoms with van der Waals surface area (Å²) in [5, 5.41) is 0.0895. The number of hydrogen-bond acceptors (Lipinski definition) is 1. The molecule has 0 aliphatic carbocycles. The minimum absolute atomic E-state index is 0.0895. The van der Waals surface area contributed by atoms with Crippen LogP contribution in [0.3, 0.4) is 0 Å². The molecule has 1 nitrogen and oxygen atoms in total. The summed E-state index contributed by atoms with van der Waals surface area (Å²) in [6.45, 7) is 4.00. The van der Waals surface area contributed by atoms with E-state index >= 15 is 0 Å². The van der Waals surface area contributed by atoms with Gasteiger partial charge in [0, 0.05) is 5.02 Å². The fraction of sp³-hybridized carbons (Fsp3) is 0.500. The molecule has 1 rings (SSSR count). The Balaban J connectivity index is 3.16. The van der Waals surface area contributed by atoms with Gasteiger partial charge in [-0.1, -0.05) is 31.5 Å². The van der Waals surface area contributed by atoms with E-state index < -0.39 is 11.7 Å². The number of alkyl halides is 3. The van der Waals surface area contributed by atoms with Crippen molar-refractivity contribution in [2.45, 2.75) is 26.4 Å². The van der Waals surface area contributed by atoms with E-state index in [-0.39, 0.29) is 22.4 Å². The molecule has 0 aliphatic rings. The summed E-state index contributed by atoms with van der Waals surface area (Å²) >= 11 is 5.60. The van der Waals surface area contributed by atoms with Gasteiger partial charge in [0.2, 0.25) is 0 Å². The highest BCUT2D eigenvalue weighted by molar-refractivity contribution is 6.30. The number of benzene rings is 1. The van der Waals surface area contributed by atoms with Crippen LogP contribution in [0.2, 0.25) is 5.02 Å². The van der Waals surface area contributed by atoms with E-state index in [1.807, 2.05) is 13.8 Å². The molecule has 2 N–H and O–H groups in total. The van der Waals surface area contributed by atoms with Gasteiger partial charge < -0.3 is 5.73 Å². The molecule has 0 bridgehead atoms. The second-order valence-electron chi connectivity index (χ2n) is 4.84. The van der Waals surface area contributed by atoms with Crippen molar-refractivity contribution in [3.05, 3.63) is 34.3 Å². The second kappa shape index (κ2) is 4.86. The summed E-state index contributed by atoms with van der Waals surface area (Å²) in [5.41, 5.74) is 4.73. The van der Waals surface area contributed by atoms with Gasteiger partial charge in [-0.15, -0.1) is 0 Å². The van der Waals surface area contributed by atoms with E-state index in [2.05, 4.69) is 0 Å². The van der Waals surface area contributed by atoms with Crippen molar-refractivity contribution in [2.75, 3.05) is 6.54 Å². The van der Waals surface area contributed by atoms with Crippen LogP contribution in [0.5, 0.6) is 0 Å². The average molecular weight is 266 g/mol. The number of nitrogens with two attached hydrogens (primary N) is 1. The van der Waals surface area contributed by atoms with E-state index in [0.717, 1.165) is 6.07 Å². The van der Waals surface area contributed by atoms with Crippen LogP contribution in [0.1, 0.15) is 25.0 Å². The molecule has 0 radical (unpaired) electrons. The van der Waals surface area contributed by atoms with Crippen molar-refractivity contribution in [1.29, 1.82) is 0 Å². The van der Waals surface area contributed by atoms with Crippen molar-refractivity contribution in [3.63, 3.8) is 0 Å². The van der Waals surface area contributed by atoms with Gasteiger partial charge in [-0.2, -0.15) is 13.2 Å². The molecule has 0 unspecified atom stereocenters. The van der Waals surface area contributed by atoms with Crippen LogP contribution in [-0.4, -0.2) is 6.54 Å². The Labute approximate surface area is 104 Å². The lowest BCUT2D eigenvalue weighted by atomic mass is 9.84. The van der Waals surface area contributed by atoms with Crippen LogP contribution >= 0.6 is 11.6 Å². The first kappa shape index (κ1) is 14.3. The van der Waals surface area contributed by atoms with Crippen LogP contribution < -0.4 is 5.73 Å². The molecule has 0 fully saturated rings. The highest BCUT2D eigenvalue weighted by Crippen LogP contribution is 2.36. The lowest BCUT2D eigenvalue weighted by molar-refractivity contribution is -0.138. The monoisotopic (exact) mass is 265 g/mol. The molecule has 0 aliphatic heterocycles. The third-order valence-electron chi connectivity index (χ3n) is 2.60. The molecule has 96 valence electrons. The molecule has 0 saturated carbocycles. The zero-order valence-electron chi connectivity index (χ0n) is 9.74. The topological polar surface area (TPSA) is 26.0 Å². The Morgan fingerprint density at radius 2 is 1.82 bits per heavy atom. The van der Waals surface area contributed by atoms with Crippen molar-refractivity contribution >= 4 is 11.6 Å². The van der Waals surface area contributed by atoms with Gasteiger partial charge in [-0.05, 0) is 36.1 Å². The van der Waals surface area contributed by atoms with Crippen LogP contribution in [0.15, 0.2) is 18.2 Å². The Kier molecular flexibility index (Phi) is 4.10. The molecule has 17 heavy (non-hydrogen) atoms. The van der Waals surface area contributed by atoms with Gasteiger partial charge in [-0.3, -0.25) is 0 Å². The Bertz CT molecular complexity index is 399. The van der Waals surface area contributed by atoms with Gasteiger partial charge >= 0.3 is 6.18 Å². The molecule has 0 aromatic heterocycles. The van der Waals surface area contributed by atoms with E-state index in [1.165, 1.54) is 12.1 Å². The summed E-state index contributed by atoms with van der Waals surface area (Å²) < 4.78 is 38.5. The Hall–Kier alpha value is -0.740. The van der Waals surface area contributed by atoms with Crippen molar-refractivity contribution < 1.29 is 13.2 Å². The summed E-state index contributed by atoms with van der Waals surface area (Å²) in [6.07, 6.45) is -4.11.